The number of nitrogens with zero attached hydrogens (tertiary/aromatic N) is 2. The number of aryl methyl sites for hydroxylation is 1. The van der Waals surface area contributed by atoms with Crippen molar-refractivity contribution in [2.45, 2.75) is 13.5 Å². The molecule has 1 fully saturated rings. The summed E-state index contributed by atoms with van der Waals surface area (Å²) in [5.41, 5.74) is 1.43. The van der Waals surface area contributed by atoms with Gasteiger partial charge in [0, 0.05) is 32.7 Å². The second-order valence-electron chi connectivity index (χ2n) is 6.41. The summed E-state index contributed by atoms with van der Waals surface area (Å²) in [6, 6.07) is 8.15. The van der Waals surface area contributed by atoms with E-state index in [1.165, 1.54) is 12.3 Å². The van der Waals surface area contributed by atoms with Crippen LogP contribution in [0.25, 0.3) is 0 Å². The predicted molar refractivity (Wildman–Crippen MR) is 94.0 cm³/mol. The average molecular weight is 359 g/mol. The Kier molecular flexibility index (Phi) is 5.68. The van der Waals surface area contributed by atoms with Crippen molar-refractivity contribution in [3.63, 3.8) is 0 Å². The normalized spacial score (nSPS) is 15.1. The van der Waals surface area contributed by atoms with Crippen LogP contribution in [0.2, 0.25) is 0 Å². The first kappa shape index (κ1) is 18.1. The Bertz CT molecular complexity index is 768. The van der Waals surface area contributed by atoms with Gasteiger partial charge >= 0.3 is 0 Å². The van der Waals surface area contributed by atoms with Crippen LogP contribution in [-0.2, 0) is 11.3 Å². The largest absolute Gasteiger partial charge is 0.459 e. The Morgan fingerprint density at radius 3 is 2.62 bits per heavy atom. The molecule has 0 saturated carbocycles. The fraction of sp³-hybridized carbons (Fsp3) is 0.368. The molecule has 1 N–H and O–H groups in total. The van der Waals surface area contributed by atoms with Crippen LogP contribution in [0.4, 0.5) is 4.39 Å². The molecule has 3 rings (SSSR count). The van der Waals surface area contributed by atoms with Gasteiger partial charge in [-0.05, 0) is 36.2 Å². The average Bonchev–Trinajstić information content (AvgIpc) is 3.17. The number of piperazine rings is 1. The number of hydrogen-bond acceptors (Lipinski definition) is 4. The Morgan fingerprint density at radius 2 is 1.96 bits per heavy atom. The first-order chi connectivity index (χ1) is 12.5. The summed E-state index contributed by atoms with van der Waals surface area (Å²) in [4.78, 5) is 28.1. The van der Waals surface area contributed by atoms with Crippen LogP contribution in [-0.4, -0.2) is 54.3 Å². The van der Waals surface area contributed by atoms with E-state index in [1.807, 2.05) is 4.90 Å². The first-order valence-corrected chi connectivity index (χ1v) is 8.60. The smallest absolute Gasteiger partial charge is 0.289 e. The highest BCUT2D eigenvalue weighted by molar-refractivity contribution is 5.91. The Hall–Kier alpha value is -2.67. The van der Waals surface area contributed by atoms with Crippen LogP contribution in [0.5, 0.6) is 0 Å². The molecule has 1 aliphatic heterocycles. The highest BCUT2D eigenvalue weighted by Gasteiger charge is 2.24. The Labute approximate surface area is 151 Å². The van der Waals surface area contributed by atoms with E-state index >= 15 is 0 Å². The van der Waals surface area contributed by atoms with Crippen LogP contribution in [0.1, 0.15) is 21.7 Å². The Balaban J connectivity index is 1.42. The molecule has 26 heavy (non-hydrogen) atoms. The van der Waals surface area contributed by atoms with E-state index in [9.17, 15) is 14.0 Å². The lowest BCUT2D eigenvalue weighted by Crippen LogP contribution is -2.51. The van der Waals surface area contributed by atoms with Crippen molar-refractivity contribution in [2.75, 3.05) is 32.7 Å². The van der Waals surface area contributed by atoms with Gasteiger partial charge in [-0.3, -0.25) is 14.5 Å². The van der Waals surface area contributed by atoms with Gasteiger partial charge < -0.3 is 14.6 Å². The predicted octanol–water partition coefficient (Wildman–Crippen LogP) is 1.80. The minimum atomic E-state index is -0.248. The first-order valence-electron chi connectivity index (χ1n) is 8.60. The van der Waals surface area contributed by atoms with Crippen molar-refractivity contribution in [1.82, 2.24) is 15.1 Å². The fourth-order valence-electron chi connectivity index (χ4n) is 2.94. The van der Waals surface area contributed by atoms with E-state index in [2.05, 4.69) is 5.32 Å². The zero-order chi connectivity index (χ0) is 18.5. The minimum Gasteiger partial charge on any atom is -0.459 e. The van der Waals surface area contributed by atoms with Gasteiger partial charge in [0.2, 0.25) is 5.91 Å². The third-order valence-corrected chi connectivity index (χ3v) is 4.47. The molecule has 1 aliphatic rings. The van der Waals surface area contributed by atoms with Gasteiger partial charge in [0.05, 0.1) is 12.8 Å². The lowest BCUT2D eigenvalue weighted by Gasteiger charge is -2.33. The van der Waals surface area contributed by atoms with E-state index in [1.54, 1.807) is 36.1 Å². The molecule has 0 atom stereocenters. The van der Waals surface area contributed by atoms with Gasteiger partial charge in [-0.15, -0.1) is 0 Å². The third-order valence-electron chi connectivity index (χ3n) is 4.47. The number of benzene rings is 1. The number of amides is 2. The monoisotopic (exact) mass is 359 g/mol. The lowest BCUT2D eigenvalue weighted by molar-refractivity contribution is -0.122. The van der Waals surface area contributed by atoms with Crippen LogP contribution in [0.3, 0.4) is 0 Å². The van der Waals surface area contributed by atoms with E-state index in [0.29, 0.717) is 44.0 Å². The second kappa shape index (κ2) is 8.14. The summed E-state index contributed by atoms with van der Waals surface area (Å²) in [6.07, 6.45) is 1.48. The number of furan rings is 1. The maximum Gasteiger partial charge on any atom is 0.289 e. The minimum absolute atomic E-state index is 0.0854. The topological polar surface area (TPSA) is 65.8 Å². The molecule has 138 valence electrons. The van der Waals surface area contributed by atoms with E-state index in [-0.39, 0.29) is 24.2 Å². The van der Waals surface area contributed by atoms with Crippen LogP contribution in [0.15, 0.2) is 41.0 Å². The van der Waals surface area contributed by atoms with E-state index in [4.69, 9.17) is 4.42 Å². The molecule has 0 bridgehead atoms. The molecular weight excluding hydrogens is 337 g/mol. The molecule has 2 heterocycles. The highest BCUT2D eigenvalue weighted by Crippen LogP contribution is 2.10. The van der Waals surface area contributed by atoms with Gasteiger partial charge in [0.25, 0.3) is 5.91 Å². The van der Waals surface area contributed by atoms with Crippen LogP contribution in [0, 0.1) is 12.7 Å². The highest BCUT2D eigenvalue weighted by atomic mass is 19.1. The summed E-state index contributed by atoms with van der Waals surface area (Å²) < 4.78 is 18.4. The summed E-state index contributed by atoms with van der Waals surface area (Å²) in [6.45, 7) is 4.74. The van der Waals surface area contributed by atoms with E-state index < -0.39 is 0 Å². The molecule has 0 aliphatic carbocycles. The molecule has 1 aromatic heterocycles. The summed E-state index contributed by atoms with van der Waals surface area (Å²) in [7, 11) is 0. The van der Waals surface area contributed by atoms with Crippen LogP contribution >= 0.6 is 0 Å². The maximum atomic E-state index is 13.3. The molecule has 1 saturated heterocycles. The number of hydrogen-bond donors (Lipinski definition) is 1. The van der Waals surface area contributed by atoms with Gasteiger partial charge in [0.15, 0.2) is 5.76 Å². The van der Waals surface area contributed by atoms with Crippen molar-refractivity contribution in [2.24, 2.45) is 0 Å². The van der Waals surface area contributed by atoms with Crippen molar-refractivity contribution in [3.8, 4) is 0 Å². The molecule has 0 spiro atoms. The third kappa shape index (κ3) is 4.49. The molecule has 2 aromatic rings. The molecule has 6 nitrogen and oxygen atoms in total. The summed E-state index contributed by atoms with van der Waals surface area (Å²) in [5, 5.41) is 2.85. The van der Waals surface area contributed by atoms with Crippen LogP contribution < -0.4 is 5.32 Å². The number of nitrogens with one attached hydrogen (secondary N) is 1. The van der Waals surface area contributed by atoms with Crippen molar-refractivity contribution < 1.29 is 18.4 Å². The molecule has 1 aromatic carbocycles. The van der Waals surface area contributed by atoms with Crippen molar-refractivity contribution in [3.05, 3.63) is 59.3 Å². The molecule has 7 heteroatoms. The molecule has 2 amide bonds. The van der Waals surface area contributed by atoms with Gasteiger partial charge in [0.1, 0.15) is 5.82 Å². The zero-order valence-corrected chi connectivity index (χ0v) is 14.7. The quantitative estimate of drug-likeness (QED) is 0.884. The van der Waals surface area contributed by atoms with Crippen molar-refractivity contribution >= 4 is 11.8 Å². The van der Waals surface area contributed by atoms with Gasteiger partial charge in [-0.1, -0.05) is 12.1 Å². The Morgan fingerprint density at radius 1 is 1.19 bits per heavy atom. The molecule has 0 unspecified atom stereocenters. The van der Waals surface area contributed by atoms with E-state index in [0.717, 1.165) is 5.56 Å². The van der Waals surface area contributed by atoms with Crippen molar-refractivity contribution in [1.29, 1.82) is 0 Å². The number of rotatable bonds is 5. The summed E-state index contributed by atoms with van der Waals surface area (Å²) >= 11 is 0. The summed E-state index contributed by atoms with van der Waals surface area (Å²) in [5.74, 6) is -0.114. The fourth-order valence-corrected chi connectivity index (χ4v) is 2.94. The zero-order valence-electron chi connectivity index (χ0n) is 14.7. The molecule has 0 radical (unpaired) electrons. The number of carbonyl (C=O) groups excluding carboxylic acids is 2. The second-order valence-corrected chi connectivity index (χ2v) is 6.41. The standard InChI is InChI=1S/C19H22FN3O3/c1-14-11-15(4-5-16(14)20)12-21-18(24)13-22-6-8-23(9-7-22)19(25)17-3-2-10-26-17/h2-5,10-11H,6-9,12-13H2,1H3,(H,21,24). The number of halogens is 1. The van der Waals surface area contributed by atoms with Gasteiger partial charge in [-0.25, -0.2) is 4.39 Å². The number of carbonyl (C=O) groups is 2. The maximum absolute atomic E-state index is 13.3. The van der Waals surface area contributed by atoms with Gasteiger partial charge in [-0.2, -0.15) is 0 Å². The SMILES string of the molecule is Cc1cc(CNC(=O)CN2CCN(C(=O)c3ccco3)CC2)ccc1F. The molecular formula is C19H22FN3O3. The lowest BCUT2D eigenvalue weighted by atomic mass is 10.1.